The minimum atomic E-state index is -5.08. The Morgan fingerprint density at radius 1 is 1.23 bits per heavy atom. The van der Waals surface area contributed by atoms with Gasteiger partial charge in [0.15, 0.2) is 0 Å². The predicted octanol–water partition coefficient (Wildman–Crippen LogP) is 2.03. The lowest BCUT2D eigenvalue weighted by Crippen LogP contribution is -2.50. The summed E-state index contributed by atoms with van der Waals surface area (Å²) in [6, 6.07) is 9.59. The molecule has 0 saturated carbocycles. The van der Waals surface area contributed by atoms with E-state index in [-0.39, 0.29) is 12.1 Å². The third kappa shape index (κ3) is 5.65. The molecular weight excluding hydrogens is 401 g/mol. The number of carbonyl (C=O) groups excluding carboxylic acids is 1. The lowest BCUT2D eigenvalue weighted by atomic mass is 10.0. The Morgan fingerprint density at radius 3 is 2.30 bits per heavy atom. The molecule has 2 amide bonds. The van der Waals surface area contributed by atoms with Crippen LogP contribution >= 0.6 is 0 Å². The average Bonchev–Trinajstić information content (AvgIpc) is 3.04. The monoisotopic (exact) mass is 422 g/mol. The summed E-state index contributed by atoms with van der Waals surface area (Å²) < 4.78 is 31.7. The Morgan fingerprint density at radius 2 is 1.80 bits per heavy atom. The van der Waals surface area contributed by atoms with Crippen molar-refractivity contribution in [3.8, 4) is 17.9 Å². The summed E-state index contributed by atoms with van der Waals surface area (Å²) in [5.74, 6) is 3.59. The van der Waals surface area contributed by atoms with E-state index >= 15 is 0 Å². The number of aliphatic carboxylic acids is 1. The smallest absolute Gasteiger partial charge is 0.475 e. The first-order valence-corrected chi connectivity index (χ1v) is 9.08. The molecule has 1 aromatic rings. The number of nitriles is 1. The van der Waals surface area contributed by atoms with Crippen LogP contribution in [0.4, 0.5) is 18.0 Å². The molecule has 1 atom stereocenters. The number of amides is 2. The molecule has 2 aliphatic heterocycles. The van der Waals surface area contributed by atoms with Gasteiger partial charge in [-0.25, -0.2) is 9.59 Å². The Kier molecular flexibility index (Phi) is 6.96. The van der Waals surface area contributed by atoms with Gasteiger partial charge in [-0.05, 0) is 38.1 Å². The highest BCUT2D eigenvalue weighted by Gasteiger charge is 2.44. The van der Waals surface area contributed by atoms with Crippen LogP contribution in [-0.2, 0) is 4.79 Å². The molecule has 0 bridgehead atoms. The largest absolute Gasteiger partial charge is 0.490 e. The van der Waals surface area contributed by atoms with Crippen LogP contribution in [0.25, 0.3) is 0 Å². The third-order valence-electron chi connectivity index (χ3n) is 4.66. The highest BCUT2D eigenvalue weighted by Crippen LogP contribution is 2.25. The van der Waals surface area contributed by atoms with E-state index in [1.807, 2.05) is 35.8 Å². The zero-order valence-corrected chi connectivity index (χ0v) is 16.5. The molecule has 2 aliphatic rings. The highest BCUT2D eigenvalue weighted by atomic mass is 19.4. The molecule has 0 unspecified atom stereocenters. The van der Waals surface area contributed by atoms with Gasteiger partial charge < -0.3 is 20.2 Å². The number of carbonyl (C=O) groups is 2. The van der Waals surface area contributed by atoms with Gasteiger partial charge in [0, 0.05) is 31.7 Å². The number of piperazine rings is 1. The molecule has 2 heterocycles. The quantitative estimate of drug-likeness (QED) is 0.675. The minimum absolute atomic E-state index is 0.0793. The van der Waals surface area contributed by atoms with E-state index in [0.717, 1.165) is 25.2 Å². The molecule has 160 valence electrons. The average molecular weight is 422 g/mol. The van der Waals surface area contributed by atoms with Crippen LogP contribution in [0.3, 0.4) is 0 Å². The van der Waals surface area contributed by atoms with E-state index in [0.29, 0.717) is 12.1 Å². The summed E-state index contributed by atoms with van der Waals surface area (Å²) in [4.78, 5) is 25.3. The Hall–Kier alpha value is -3.24. The number of nitrogens with one attached hydrogen (secondary N) is 1. The van der Waals surface area contributed by atoms with Gasteiger partial charge in [-0.15, -0.1) is 0 Å². The van der Waals surface area contributed by atoms with Crippen molar-refractivity contribution in [2.75, 3.05) is 26.2 Å². The summed E-state index contributed by atoms with van der Waals surface area (Å²) in [7, 11) is 0. The van der Waals surface area contributed by atoms with Crippen molar-refractivity contribution in [3.63, 3.8) is 0 Å². The van der Waals surface area contributed by atoms with Gasteiger partial charge in [-0.3, -0.25) is 0 Å². The number of rotatable bonds is 1. The molecule has 30 heavy (non-hydrogen) atoms. The standard InChI is InChI=1S/C18H20N4O.C2HF3O2/c1-18(2,8-7-14-3-5-15(11-19)6-4-14)22-13-16-12-20-9-10-21(16)17(22)23;3-2(4,5)1(6)7/h3-6,16,20H,9-10,12-13H2,1-2H3;(H,6,7)/t16-;/m0./s1. The highest BCUT2D eigenvalue weighted by molar-refractivity contribution is 5.79. The van der Waals surface area contributed by atoms with E-state index in [1.165, 1.54) is 0 Å². The second kappa shape index (κ2) is 9.06. The summed E-state index contributed by atoms with van der Waals surface area (Å²) in [6.07, 6.45) is -5.08. The summed E-state index contributed by atoms with van der Waals surface area (Å²) in [6.45, 7) is 7.13. The van der Waals surface area contributed by atoms with Crippen molar-refractivity contribution in [3.05, 3.63) is 35.4 Å². The van der Waals surface area contributed by atoms with Crippen molar-refractivity contribution in [2.24, 2.45) is 0 Å². The number of benzene rings is 1. The molecule has 2 fully saturated rings. The predicted molar refractivity (Wildman–Crippen MR) is 101 cm³/mol. The first kappa shape index (κ1) is 23.0. The van der Waals surface area contributed by atoms with Gasteiger partial charge in [0.2, 0.25) is 0 Å². The van der Waals surface area contributed by atoms with Crippen LogP contribution in [0.1, 0.15) is 25.0 Å². The number of alkyl halides is 3. The molecular formula is C20H21F3N4O3. The second-order valence-electron chi connectivity index (χ2n) is 7.25. The molecule has 0 radical (unpaired) electrons. The van der Waals surface area contributed by atoms with E-state index in [4.69, 9.17) is 15.2 Å². The van der Waals surface area contributed by atoms with Crippen LogP contribution in [0, 0.1) is 23.2 Å². The van der Waals surface area contributed by atoms with Gasteiger partial charge in [0.05, 0.1) is 17.7 Å². The van der Waals surface area contributed by atoms with Crippen LogP contribution in [-0.4, -0.2) is 70.8 Å². The fourth-order valence-corrected chi connectivity index (χ4v) is 3.01. The molecule has 3 rings (SSSR count). The SMILES string of the molecule is CC(C)(C#Cc1ccc(C#N)cc1)N1C[C@@H]2CNCCN2C1=O.O=C(O)C(F)(F)F. The lowest BCUT2D eigenvalue weighted by Gasteiger charge is -2.30. The maximum atomic E-state index is 12.6. The van der Waals surface area contributed by atoms with Crippen molar-refractivity contribution in [2.45, 2.75) is 31.6 Å². The fourth-order valence-electron chi connectivity index (χ4n) is 3.01. The van der Waals surface area contributed by atoms with E-state index in [9.17, 15) is 18.0 Å². The van der Waals surface area contributed by atoms with Gasteiger partial charge in [0.1, 0.15) is 5.54 Å². The number of hydrogen-bond donors (Lipinski definition) is 2. The summed E-state index contributed by atoms with van der Waals surface area (Å²) in [5.41, 5.74) is 0.944. The Labute approximate surface area is 172 Å². The second-order valence-corrected chi connectivity index (χ2v) is 7.25. The fraction of sp³-hybridized carbons (Fsp3) is 0.450. The Bertz CT molecular complexity index is 895. The maximum absolute atomic E-state index is 12.6. The molecule has 10 heteroatoms. The molecule has 0 aliphatic carbocycles. The van der Waals surface area contributed by atoms with E-state index < -0.39 is 17.7 Å². The molecule has 0 aromatic heterocycles. The zero-order chi connectivity index (χ0) is 22.5. The number of carboxylic acids is 1. The number of fused-ring (bicyclic) bond motifs is 1. The van der Waals surface area contributed by atoms with Crippen molar-refractivity contribution in [1.82, 2.24) is 15.1 Å². The first-order valence-electron chi connectivity index (χ1n) is 9.08. The molecule has 2 saturated heterocycles. The van der Waals surface area contributed by atoms with Gasteiger partial charge in [0.25, 0.3) is 0 Å². The van der Waals surface area contributed by atoms with Gasteiger partial charge in [-0.2, -0.15) is 18.4 Å². The number of urea groups is 1. The number of halogens is 3. The van der Waals surface area contributed by atoms with Crippen LogP contribution in [0.2, 0.25) is 0 Å². The summed E-state index contributed by atoms with van der Waals surface area (Å²) >= 11 is 0. The van der Waals surface area contributed by atoms with E-state index in [1.54, 1.807) is 12.1 Å². The molecule has 7 nitrogen and oxygen atoms in total. The summed E-state index contributed by atoms with van der Waals surface area (Å²) in [5, 5.41) is 19.3. The zero-order valence-electron chi connectivity index (χ0n) is 16.5. The van der Waals surface area contributed by atoms with Crippen LogP contribution in [0.5, 0.6) is 0 Å². The van der Waals surface area contributed by atoms with Crippen molar-refractivity contribution in [1.29, 1.82) is 5.26 Å². The number of carboxylic acid groups (broad SMARTS) is 1. The first-order chi connectivity index (χ1) is 14.0. The molecule has 1 aromatic carbocycles. The van der Waals surface area contributed by atoms with Crippen LogP contribution in [0.15, 0.2) is 24.3 Å². The molecule has 0 spiro atoms. The van der Waals surface area contributed by atoms with E-state index in [2.05, 4.69) is 23.2 Å². The topological polar surface area (TPSA) is 96.7 Å². The minimum Gasteiger partial charge on any atom is -0.475 e. The normalized spacial score (nSPS) is 18.4. The Balaban J connectivity index is 0.000000396. The number of hydrogen-bond acceptors (Lipinski definition) is 4. The van der Waals surface area contributed by atoms with Gasteiger partial charge >= 0.3 is 18.2 Å². The van der Waals surface area contributed by atoms with Crippen molar-refractivity contribution >= 4 is 12.0 Å². The third-order valence-corrected chi connectivity index (χ3v) is 4.66. The van der Waals surface area contributed by atoms with Crippen molar-refractivity contribution < 1.29 is 27.9 Å². The number of nitrogens with zero attached hydrogens (tertiary/aromatic N) is 3. The molecule has 2 N–H and O–H groups in total. The van der Waals surface area contributed by atoms with Gasteiger partial charge in [-0.1, -0.05) is 11.8 Å². The van der Waals surface area contributed by atoms with Crippen LogP contribution < -0.4 is 5.32 Å². The maximum Gasteiger partial charge on any atom is 0.490 e. The lowest BCUT2D eigenvalue weighted by molar-refractivity contribution is -0.192.